The fourth-order valence-electron chi connectivity index (χ4n) is 3.47. The third-order valence-electron chi connectivity index (χ3n) is 4.76. The molecule has 1 aromatic carbocycles. The lowest BCUT2D eigenvalue weighted by molar-refractivity contribution is -0.384. The third-order valence-corrected chi connectivity index (χ3v) is 4.76. The zero-order valence-electron chi connectivity index (χ0n) is 15.6. The Morgan fingerprint density at radius 1 is 1.26 bits per heavy atom. The first kappa shape index (κ1) is 20.3. The monoisotopic (exact) mass is 373 g/mol. The minimum atomic E-state index is -1.03. The number of hydrogen-bond acceptors (Lipinski definition) is 5. The van der Waals surface area contributed by atoms with Gasteiger partial charge in [-0.3, -0.25) is 24.7 Å². The van der Waals surface area contributed by atoms with Crippen molar-refractivity contribution in [3.63, 3.8) is 0 Å². The van der Waals surface area contributed by atoms with Gasteiger partial charge in [0, 0.05) is 30.3 Å². The number of nitrogens with zero attached hydrogens (tertiary/aromatic N) is 3. The highest BCUT2D eigenvalue weighted by Crippen LogP contribution is 2.42. The number of carboxylic acids is 1. The van der Waals surface area contributed by atoms with E-state index in [0.29, 0.717) is 48.5 Å². The van der Waals surface area contributed by atoms with E-state index in [1.165, 1.54) is 17.0 Å². The highest BCUT2D eigenvalue weighted by atomic mass is 16.6. The summed E-state index contributed by atoms with van der Waals surface area (Å²) in [6.07, 6.45) is 1.68. The van der Waals surface area contributed by atoms with Gasteiger partial charge in [-0.1, -0.05) is 26.0 Å². The maximum absolute atomic E-state index is 12.1. The Balaban J connectivity index is 2.73. The lowest BCUT2D eigenvalue weighted by atomic mass is 9.76. The Morgan fingerprint density at radius 3 is 2.30 bits per heavy atom. The van der Waals surface area contributed by atoms with E-state index in [9.17, 15) is 24.8 Å². The van der Waals surface area contributed by atoms with E-state index in [2.05, 4.69) is 4.99 Å². The van der Waals surface area contributed by atoms with Crippen LogP contribution in [0.25, 0.3) is 0 Å². The Morgan fingerprint density at radius 2 is 1.89 bits per heavy atom. The van der Waals surface area contributed by atoms with Crippen LogP contribution >= 0.6 is 0 Å². The predicted octanol–water partition coefficient (Wildman–Crippen LogP) is 3.34. The summed E-state index contributed by atoms with van der Waals surface area (Å²) in [5.41, 5.74) is 2.29. The molecule has 0 bridgehead atoms. The Labute approximate surface area is 157 Å². The second kappa shape index (κ2) is 8.57. The number of nitro groups is 1. The maximum atomic E-state index is 12.1. The molecule has 1 heterocycles. The van der Waals surface area contributed by atoms with E-state index >= 15 is 0 Å². The molecule has 0 radical (unpaired) electrons. The number of nitro benzene ring substituents is 1. The van der Waals surface area contributed by atoms with Gasteiger partial charge in [0.25, 0.3) is 5.69 Å². The molecule has 1 aliphatic rings. The van der Waals surface area contributed by atoms with E-state index < -0.39 is 22.7 Å². The molecule has 2 rings (SSSR count). The van der Waals surface area contributed by atoms with Crippen LogP contribution in [0.15, 0.2) is 40.7 Å². The molecule has 2 atom stereocenters. The molecule has 144 valence electrons. The summed E-state index contributed by atoms with van der Waals surface area (Å²) in [6, 6.07) is 5.82. The van der Waals surface area contributed by atoms with Gasteiger partial charge in [-0.25, -0.2) is 0 Å². The summed E-state index contributed by atoms with van der Waals surface area (Å²) in [5, 5.41) is 20.9. The minimum Gasteiger partial charge on any atom is -0.481 e. The first-order chi connectivity index (χ1) is 12.9. The van der Waals surface area contributed by atoms with Crippen LogP contribution in [0, 0.1) is 16.0 Å². The Kier molecular flexibility index (Phi) is 6.44. The smallest absolute Gasteiger partial charge is 0.313 e. The number of rotatable bonds is 8. The van der Waals surface area contributed by atoms with E-state index in [1.807, 2.05) is 13.8 Å². The number of non-ortho nitro benzene ring substituents is 1. The summed E-state index contributed by atoms with van der Waals surface area (Å²) in [5.74, 6) is -2.61. The molecule has 0 saturated carbocycles. The zero-order chi connectivity index (χ0) is 20.1. The van der Waals surface area contributed by atoms with Crippen molar-refractivity contribution < 1.29 is 19.6 Å². The van der Waals surface area contributed by atoms with E-state index in [0.717, 1.165) is 0 Å². The molecule has 2 unspecified atom stereocenters. The number of allylic oxidation sites excluding steroid dienone is 2. The molecule has 8 nitrogen and oxygen atoms in total. The number of carboxylic acid groups (broad SMARTS) is 1. The van der Waals surface area contributed by atoms with Crippen molar-refractivity contribution in [3.05, 3.63) is 51.3 Å². The van der Waals surface area contributed by atoms with Crippen molar-refractivity contribution in [2.24, 2.45) is 10.9 Å². The normalized spacial score (nSPS) is 19.4. The molecule has 0 spiro atoms. The van der Waals surface area contributed by atoms with Gasteiger partial charge in [0.1, 0.15) is 5.92 Å². The van der Waals surface area contributed by atoms with Crippen molar-refractivity contribution >= 4 is 23.8 Å². The number of hydrogen-bond donors (Lipinski definition) is 1. The average molecular weight is 373 g/mol. The molecular formula is C19H23N3O5. The second-order valence-corrected chi connectivity index (χ2v) is 6.18. The van der Waals surface area contributed by atoms with Crippen LogP contribution < -0.4 is 0 Å². The van der Waals surface area contributed by atoms with Crippen LogP contribution in [-0.2, 0) is 9.59 Å². The number of aliphatic carboxylic acids is 1. The molecule has 1 amide bonds. The summed E-state index contributed by atoms with van der Waals surface area (Å²) >= 11 is 0. The summed E-state index contributed by atoms with van der Waals surface area (Å²) in [4.78, 5) is 40.2. The largest absolute Gasteiger partial charge is 0.481 e. The predicted molar refractivity (Wildman–Crippen MR) is 100 cm³/mol. The number of benzene rings is 1. The molecule has 1 aliphatic heterocycles. The second-order valence-electron chi connectivity index (χ2n) is 6.18. The van der Waals surface area contributed by atoms with E-state index in [1.54, 1.807) is 19.1 Å². The standard InChI is InChI=1S/C19H23N3O5/c1-4-14-17(19(24)25)16(12-7-9-13(10-8-12)22(26)27)18(15(5-2)20-14)21(6-3)11-23/h7-11,16-17H,4-6H2,1-3H3,(H,24,25). The Bertz CT molecular complexity index is 798. The van der Waals surface area contributed by atoms with Gasteiger partial charge in [0.2, 0.25) is 6.41 Å². The Hall–Kier alpha value is -3.03. The summed E-state index contributed by atoms with van der Waals surface area (Å²) in [6.45, 7) is 5.92. The molecular weight excluding hydrogens is 350 g/mol. The molecule has 27 heavy (non-hydrogen) atoms. The van der Waals surface area contributed by atoms with Gasteiger partial charge in [-0.15, -0.1) is 0 Å². The van der Waals surface area contributed by atoms with Gasteiger partial charge >= 0.3 is 5.97 Å². The first-order valence-corrected chi connectivity index (χ1v) is 8.89. The number of likely N-dealkylation sites (N-methyl/N-ethyl adjacent to an activating group) is 1. The quantitative estimate of drug-likeness (QED) is 0.426. The van der Waals surface area contributed by atoms with Crippen LogP contribution in [0.1, 0.15) is 45.1 Å². The number of carbonyl (C=O) groups excluding carboxylic acids is 1. The molecule has 1 N–H and O–H groups in total. The fourth-order valence-corrected chi connectivity index (χ4v) is 3.47. The van der Waals surface area contributed by atoms with Gasteiger partial charge in [-0.2, -0.15) is 0 Å². The van der Waals surface area contributed by atoms with Crippen LogP contribution in [0.5, 0.6) is 0 Å². The van der Waals surface area contributed by atoms with Gasteiger partial charge in [-0.05, 0) is 25.3 Å². The van der Waals surface area contributed by atoms with Gasteiger partial charge in [0.15, 0.2) is 0 Å². The van der Waals surface area contributed by atoms with E-state index in [4.69, 9.17) is 0 Å². The number of aliphatic imine (C=N–C) groups is 1. The molecule has 1 aromatic rings. The van der Waals surface area contributed by atoms with Gasteiger partial charge < -0.3 is 10.0 Å². The molecule has 0 saturated heterocycles. The van der Waals surface area contributed by atoms with Crippen molar-refractivity contribution in [2.75, 3.05) is 6.54 Å². The van der Waals surface area contributed by atoms with Crippen LogP contribution in [-0.4, -0.2) is 39.6 Å². The van der Waals surface area contributed by atoms with Crippen molar-refractivity contribution in [1.29, 1.82) is 0 Å². The molecule has 0 aliphatic carbocycles. The summed E-state index contributed by atoms with van der Waals surface area (Å²) < 4.78 is 0. The van der Waals surface area contributed by atoms with Crippen molar-refractivity contribution in [2.45, 2.75) is 39.5 Å². The van der Waals surface area contributed by atoms with Crippen LogP contribution in [0.4, 0.5) is 5.69 Å². The lowest BCUT2D eigenvalue weighted by Crippen LogP contribution is -2.39. The van der Waals surface area contributed by atoms with Crippen LogP contribution in [0.3, 0.4) is 0 Å². The highest BCUT2D eigenvalue weighted by molar-refractivity contribution is 6.04. The van der Waals surface area contributed by atoms with Crippen molar-refractivity contribution in [3.8, 4) is 0 Å². The molecule has 0 aromatic heterocycles. The fraction of sp³-hybridized carbons (Fsp3) is 0.421. The molecule has 0 fully saturated rings. The lowest BCUT2D eigenvalue weighted by Gasteiger charge is -2.36. The van der Waals surface area contributed by atoms with Crippen molar-refractivity contribution in [1.82, 2.24) is 4.90 Å². The molecule has 8 heteroatoms. The zero-order valence-corrected chi connectivity index (χ0v) is 15.6. The van der Waals surface area contributed by atoms with Gasteiger partial charge in [0.05, 0.1) is 16.3 Å². The summed E-state index contributed by atoms with van der Waals surface area (Å²) in [7, 11) is 0. The number of amides is 1. The maximum Gasteiger partial charge on any atom is 0.313 e. The van der Waals surface area contributed by atoms with E-state index in [-0.39, 0.29) is 5.69 Å². The number of carbonyl (C=O) groups is 2. The topological polar surface area (TPSA) is 113 Å². The minimum absolute atomic E-state index is 0.0743. The third kappa shape index (κ3) is 3.89. The highest BCUT2D eigenvalue weighted by Gasteiger charge is 2.41. The average Bonchev–Trinajstić information content (AvgIpc) is 2.67. The SMILES string of the molecule is CCC1=NC(CC)=C(N(C=O)CC)C(c2ccc([N+](=O)[O-])cc2)C1C(=O)O. The van der Waals surface area contributed by atoms with Crippen LogP contribution in [0.2, 0.25) is 0 Å². The first-order valence-electron chi connectivity index (χ1n) is 8.89.